The van der Waals surface area contributed by atoms with Gasteiger partial charge >= 0.3 is 0 Å². The molecule has 3 rings (SSSR count). The topological polar surface area (TPSA) is 101 Å². The Morgan fingerprint density at radius 1 is 1.26 bits per heavy atom. The van der Waals surface area contributed by atoms with Crippen molar-refractivity contribution in [2.45, 2.75) is 74.3 Å². The van der Waals surface area contributed by atoms with Gasteiger partial charge in [0, 0.05) is 18.3 Å². The highest BCUT2D eigenvalue weighted by atomic mass is 16.2. The second-order valence-electron chi connectivity index (χ2n) is 5.03. The molecular formula is C20H38N6O. The molecular weight excluding hydrogens is 340 g/mol. The molecule has 27 heavy (non-hydrogen) atoms. The fourth-order valence-corrected chi connectivity index (χ4v) is 2.40. The Kier molecular flexibility index (Phi) is 15.7. The Morgan fingerprint density at radius 3 is 2.30 bits per heavy atom. The first-order valence-electron chi connectivity index (χ1n) is 9.88. The van der Waals surface area contributed by atoms with Gasteiger partial charge in [-0.3, -0.25) is 9.89 Å². The van der Waals surface area contributed by atoms with E-state index < -0.39 is 0 Å². The maximum absolute atomic E-state index is 11.0. The van der Waals surface area contributed by atoms with Crippen molar-refractivity contribution < 1.29 is 4.79 Å². The summed E-state index contributed by atoms with van der Waals surface area (Å²) in [5.74, 6) is 0.547. The molecule has 0 aliphatic carbocycles. The molecule has 1 amide bonds. The van der Waals surface area contributed by atoms with Crippen molar-refractivity contribution in [3.63, 3.8) is 0 Å². The lowest BCUT2D eigenvalue weighted by Crippen LogP contribution is -2.31. The van der Waals surface area contributed by atoms with Crippen LogP contribution < -0.4 is 5.73 Å². The summed E-state index contributed by atoms with van der Waals surface area (Å²) < 4.78 is 0. The number of aromatic nitrogens is 4. The van der Waals surface area contributed by atoms with Crippen LogP contribution >= 0.6 is 0 Å². The van der Waals surface area contributed by atoms with Crippen molar-refractivity contribution in [3.05, 3.63) is 24.7 Å². The van der Waals surface area contributed by atoms with Gasteiger partial charge in [-0.1, -0.05) is 48.1 Å². The predicted molar refractivity (Wildman–Crippen MR) is 115 cm³/mol. The highest BCUT2D eigenvalue weighted by Gasteiger charge is 2.22. The predicted octanol–water partition coefficient (Wildman–Crippen LogP) is 4.51. The number of anilines is 1. The number of aromatic amines is 1. The summed E-state index contributed by atoms with van der Waals surface area (Å²) >= 11 is 0. The van der Waals surface area contributed by atoms with E-state index in [1.165, 1.54) is 12.4 Å². The van der Waals surface area contributed by atoms with Crippen LogP contribution in [0.5, 0.6) is 0 Å². The van der Waals surface area contributed by atoms with Crippen LogP contribution in [0.1, 0.15) is 67.0 Å². The minimum atomic E-state index is 0.0741. The zero-order valence-corrected chi connectivity index (χ0v) is 18.3. The Bertz CT molecular complexity index is 653. The van der Waals surface area contributed by atoms with Gasteiger partial charge in [-0.05, 0) is 32.8 Å². The number of hydrogen-bond donors (Lipinski definition) is 2. The minimum absolute atomic E-state index is 0.0741. The van der Waals surface area contributed by atoms with Gasteiger partial charge in [0.1, 0.15) is 12.1 Å². The number of H-pyrrole nitrogens is 1. The zero-order valence-electron chi connectivity index (χ0n) is 18.3. The summed E-state index contributed by atoms with van der Waals surface area (Å²) in [5, 5.41) is 7.52. The van der Waals surface area contributed by atoms with Crippen LogP contribution in [0.3, 0.4) is 0 Å². The van der Waals surface area contributed by atoms with Gasteiger partial charge in [-0.25, -0.2) is 9.97 Å². The lowest BCUT2D eigenvalue weighted by atomic mass is 10.2. The molecule has 0 aromatic carbocycles. The summed E-state index contributed by atoms with van der Waals surface area (Å²) in [6.07, 6.45) is 5.07. The zero-order chi connectivity index (χ0) is 21.4. The molecule has 7 heteroatoms. The number of carbonyl (C=O) groups is 1. The summed E-state index contributed by atoms with van der Waals surface area (Å²) in [7, 11) is 0. The number of nitrogen functional groups attached to an aromatic ring is 1. The van der Waals surface area contributed by atoms with E-state index in [-0.39, 0.29) is 5.91 Å². The molecule has 1 aliphatic rings. The van der Waals surface area contributed by atoms with E-state index >= 15 is 0 Å². The number of aryl methyl sites for hydroxylation is 1. The fourth-order valence-electron chi connectivity index (χ4n) is 2.40. The van der Waals surface area contributed by atoms with Crippen molar-refractivity contribution in [1.29, 1.82) is 0 Å². The van der Waals surface area contributed by atoms with E-state index in [2.05, 4.69) is 33.7 Å². The van der Waals surface area contributed by atoms with Crippen molar-refractivity contribution in [3.8, 4) is 0 Å². The van der Waals surface area contributed by atoms with Gasteiger partial charge in [0.25, 0.3) is 0 Å². The molecule has 1 fully saturated rings. The SMILES string of the molecule is C=CC(=O)N1CCCC1C.CC.CC.CC.Cc1[nH]nc2ncnc(N)c12. The number of fused-ring (bicyclic) bond motifs is 1. The molecule has 3 N–H and O–H groups in total. The van der Waals surface area contributed by atoms with Crippen LogP contribution in [0.15, 0.2) is 19.0 Å². The highest BCUT2D eigenvalue weighted by Crippen LogP contribution is 2.17. The lowest BCUT2D eigenvalue weighted by Gasteiger charge is -2.18. The van der Waals surface area contributed by atoms with Crippen molar-refractivity contribution in [2.75, 3.05) is 12.3 Å². The number of amides is 1. The van der Waals surface area contributed by atoms with Gasteiger partial charge in [-0.15, -0.1) is 0 Å². The first-order valence-corrected chi connectivity index (χ1v) is 9.88. The maximum Gasteiger partial charge on any atom is 0.246 e. The van der Waals surface area contributed by atoms with Crippen molar-refractivity contribution >= 4 is 22.8 Å². The highest BCUT2D eigenvalue weighted by molar-refractivity contribution is 5.87. The molecule has 3 heterocycles. The van der Waals surface area contributed by atoms with Crippen LogP contribution in [-0.2, 0) is 4.79 Å². The maximum atomic E-state index is 11.0. The van der Waals surface area contributed by atoms with E-state index in [1.54, 1.807) is 0 Å². The third-order valence-electron chi connectivity index (χ3n) is 3.57. The molecule has 1 unspecified atom stereocenters. The molecule has 154 valence electrons. The molecule has 0 bridgehead atoms. The minimum Gasteiger partial charge on any atom is -0.383 e. The number of hydrogen-bond acceptors (Lipinski definition) is 5. The van der Waals surface area contributed by atoms with Crippen LogP contribution in [0.4, 0.5) is 5.82 Å². The molecule has 1 atom stereocenters. The normalized spacial score (nSPS) is 14.2. The number of carbonyl (C=O) groups excluding carboxylic acids is 1. The van der Waals surface area contributed by atoms with Gasteiger partial charge in [0.2, 0.25) is 5.91 Å². The van der Waals surface area contributed by atoms with E-state index in [0.29, 0.717) is 17.5 Å². The average molecular weight is 379 g/mol. The summed E-state index contributed by atoms with van der Waals surface area (Å²) in [4.78, 5) is 20.7. The van der Waals surface area contributed by atoms with E-state index in [9.17, 15) is 4.79 Å². The molecule has 0 saturated carbocycles. The van der Waals surface area contributed by atoms with Gasteiger partial charge in [0.15, 0.2) is 5.65 Å². The van der Waals surface area contributed by atoms with Crippen LogP contribution in [-0.4, -0.2) is 43.6 Å². The second kappa shape index (κ2) is 15.8. The number of nitrogens with zero attached hydrogens (tertiary/aromatic N) is 4. The molecule has 2 aromatic rings. The summed E-state index contributed by atoms with van der Waals surface area (Å²) in [6, 6.07) is 0.422. The van der Waals surface area contributed by atoms with Gasteiger partial charge in [0.05, 0.1) is 5.39 Å². The molecule has 0 spiro atoms. The van der Waals surface area contributed by atoms with E-state index in [0.717, 1.165) is 30.5 Å². The van der Waals surface area contributed by atoms with Crippen molar-refractivity contribution in [1.82, 2.24) is 25.1 Å². The number of nitrogens with one attached hydrogen (secondary N) is 1. The third kappa shape index (κ3) is 8.19. The smallest absolute Gasteiger partial charge is 0.246 e. The van der Waals surface area contributed by atoms with Crippen LogP contribution in [0.25, 0.3) is 11.0 Å². The number of nitrogens with two attached hydrogens (primary N) is 1. The monoisotopic (exact) mass is 378 g/mol. The first kappa shape index (κ1) is 26.8. The molecule has 1 aliphatic heterocycles. The quantitative estimate of drug-likeness (QED) is 0.711. The first-order chi connectivity index (χ1) is 13.0. The summed E-state index contributed by atoms with van der Waals surface area (Å²) in [5.41, 5.74) is 7.11. The second-order valence-corrected chi connectivity index (χ2v) is 5.03. The Morgan fingerprint density at radius 2 is 1.85 bits per heavy atom. The third-order valence-corrected chi connectivity index (χ3v) is 3.57. The van der Waals surface area contributed by atoms with E-state index in [1.807, 2.05) is 53.4 Å². The molecule has 2 aromatic heterocycles. The molecule has 0 radical (unpaired) electrons. The lowest BCUT2D eigenvalue weighted by molar-refractivity contribution is -0.126. The van der Waals surface area contributed by atoms with Gasteiger partial charge in [-0.2, -0.15) is 5.10 Å². The van der Waals surface area contributed by atoms with Crippen molar-refractivity contribution in [2.24, 2.45) is 0 Å². The molecule has 7 nitrogen and oxygen atoms in total. The Labute approximate surface area is 164 Å². The van der Waals surface area contributed by atoms with Crippen LogP contribution in [0.2, 0.25) is 0 Å². The average Bonchev–Trinajstić information content (AvgIpc) is 3.33. The van der Waals surface area contributed by atoms with Gasteiger partial charge < -0.3 is 10.6 Å². The molecule has 1 saturated heterocycles. The largest absolute Gasteiger partial charge is 0.383 e. The van der Waals surface area contributed by atoms with Crippen LogP contribution in [0, 0.1) is 6.92 Å². The Hall–Kier alpha value is -2.44. The number of rotatable bonds is 1. The summed E-state index contributed by atoms with van der Waals surface area (Å²) in [6.45, 7) is 20.3. The van der Waals surface area contributed by atoms with E-state index in [4.69, 9.17) is 5.73 Å². The number of likely N-dealkylation sites (tertiary alicyclic amines) is 1. The standard InChI is InChI=1S/C8H13NO.C6H7N5.3C2H6/c1-3-8(10)9-6-4-5-7(9)2;1-3-4-5(7)8-2-9-6(4)11-10-3;3*1-2/h3,7H,1,4-6H2,2H3;2H,1H3,(H3,7,8,9,10,11);3*1-2H3. The Balaban J connectivity index is 0. The fraction of sp³-hybridized carbons (Fsp3) is 0.600.